The molecule has 0 aliphatic carbocycles. The van der Waals surface area contributed by atoms with Crippen molar-refractivity contribution in [3.05, 3.63) is 45.4 Å². The highest BCUT2D eigenvalue weighted by atomic mass is 79.9. The molecule has 1 aromatic rings. The van der Waals surface area contributed by atoms with Crippen molar-refractivity contribution in [2.24, 2.45) is 0 Å². The normalized spacial score (nSPS) is 22.7. The Kier molecular flexibility index (Phi) is 4.15. The Hall–Kier alpha value is -0.840. The summed E-state index contributed by atoms with van der Waals surface area (Å²) in [7, 11) is 0. The molecule has 0 aromatic heterocycles. The van der Waals surface area contributed by atoms with E-state index in [0.29, 0.717) is 16.6 Å². The largest absolute Gasteiger partial charge is 0.337 e. The predicted molar refractivity (Wildman–Crippen MR) is 84.2 cm³/mol. The molecule has 2 aliphatic heterocycles. The molecule has 1 atom stereocenters. The number of benzene rings is 1. The Morgan fingerprint density at radius 1 is 1.30 bits per heavy atom. The zero-order chi connectivity index (χ0) is 14.1. The van der Waals surface area contributed by atoms with Gasteiger partial charge in [-0.1, -0.05) is 23.8 Å². The van der Waals surface area contributed by atoms with E-state index < -0.39 is 0 Å². The van der Waals surface area contributed by atoms with E-state index in [2.05, 4.69) is 33.0 Å². The average molecular weight is 356 g/mol. The lowest BCUT2D eigenvalue weighted by Crippen LogP contribution is -2.37. The van der Waals surface area contributed by atoms with Crippen LogP contribution in [0.1, 0.15) is 16.8 Å². The van der Waals surface area contributed by atoms with Gasteiger partial charge in [0.05, 0.1) is 5.56 Å². The first-order valence-electron chi connectivity index (χ1n) is 6.78. The van der Waals surface area contributed by atoms with Gasteiger partial charge in [-0.25, -0.2) is 0 Å². The molecule has 0 bridgehead atoms. The van der Waals surface area contributed by atoms with Gasteiger partial charge in [-0.2, -0.15) is 0 Å². The van der Waals surface area contributed by atoms with Gasteiger partial charge in [-0.05, 0) is 40.5 Å². The van der Waals surface area contributed by atoms with Crippen LogP contribution in [0.5, 0.6) is 0 Å². The first-order chi connectivity index (χ1) is 9.65. The molecule has 2 aliphatic rings. The fourth-order valence-electron chi connectivity index (χ4n) is 2.85. The summed E-state index contributed by atoms with van der Waals surface area (Å²) in [5.41, 5.74) is 0.651. The van der Waals surface area contributed by atoms with E-state index in [-0.39, 0.29) is 5.91 Å². The number of halogens is 2. The summed E-state index contributed by atoms with van der Waals surface area (Å²) in [4.78, 5) is 16.9. The molecule has 20 heavy (non-hydrogen) atoms. The maximum atomic E-state index is 12.6. The Morgan fingerprint density at radius 2 is 2.05 bits per heavy atom. The second kappa shape index (κ2) is 5.88. The van der Waals surface area contributed by atoms with Gasteiger partial charge in [0.15, 0.2) is 0 Å². The quantitative estimate of drug-likeness (QED) is 0.761. The van der Waals surface area contributed by atoms with Gasteiger partial charge in [0.25, 0.3) is 5.91 Å². The van der Waals surface area contributed by atoms with Crippen molar-refractivity contribution in [3.8, 4) is 0 Å². The second-order valence-corrected chi connectivity index (χ2v) is 6.53. The van der Waals surface area contributed by atoms with Crippen molar-refractivity contribution >= 4 is 33.4 Å². The molecule has 1 amide bonds. The Labute approximate surface area is 132 Å². The standard InChI is InChI=1S/C15H16BrClN2O/c16-14-4-3-11(17)9-13(14)15(20)19-8-5-12(10-19)18-6-1-2-7-18/h1-4,9,12H,5-8,10H2/t12-/m1/s1. The molecule has 0 unspecified atom stereocenters. The zero-order valence-corrected chi connectivity index (χ0v) is 13.4. The maximum absolute atomic E-state index is 12.6. The van der Waals surface area contributed by atoms with Crippen LogP contribution in [-0.2, 0) is 0 Å². The van der Waals surface area contributed by atoms with Gasteiger partial charge in [0.1, 0.15) is 0 Å². The number of nitrogens with zero attached hydrogens (tertiary/aromatic N) is 2. The van der Waals surface area contributed by atoms with Gasteiger partial charge in [-0.3, -0.25) is 9.69 Å². The summed E-state index contributed by atoms with van der Waals surface area (Å²) >= 11 is 9.42. The fraction of sp³-hybridized carbons (Fsp3) is 0.400. The molecule has 0 saturated carbocycles. The van der Waals surface area contributed by atoms with E-state index in [1.807, 2.05) is 11.0 Å². The van der Waals surface area contributed by atoms with Crippen LogP contribution in [-0.4, -0.2) is 47.9 Å². The third-order valence-corrected chi connectivity index (χ3v) is 4.90. The van der Waals surface area contributed by atoms with Crippen LogP contribution < -0.4 is 0 Å². The predicted octanol–water partition coefficient (Wildman–Crippen LogP) is 3.19. The highest BCUT2D eigenvalue weighted by molar-refractivity contribution is 9.10. The SMILES string of the molecule is O=C(c1cc(Cl)ccc1Br)N1CC[C@@H](N2CC=CC2)C1. The zero-order valence-electron chi connectivity index (χ0n) is 11.1. The first-order valence-corrected chi connectivity index (χ1v) is 7.95. The van der Waals surface area contributed by atoms with Gasteiger partial charge < -0.3 is 4.90 Å². The van der Waals surface area contributed by atoms with E-state index >= 15 is 0 Å². The molecular weight excluding hydrogens is 340 g/mol. The lowest BCUT2D eigenvalue weighted by atomic mass is 10.2. The molecule has 1 fully saturated rings. The van der Waals surface area contributed by atoms with Crippen LogP contribution >= 0.6 is 27.5 Å². The van der Waals surface area contributed by atoms with E-state index in [1.165, 1.54) is 0 Å². The van der Waals surface area contributed by atoms with Crippen molar-refractivity contribution in [2.45, 2.75) is 12.5 Å². The van der Waals surface area contributed by atoms with E-state index in [9.17, 15) is 4.79 Å². The highest BCUT2D eigenvalue weighted by Crippen LogP contribution is 2.25. The number of carbonyl (C=O) groups excluding carboxylic acids is 1. The minimum Gasteiger partial charge on any atom is -0.337 e. The smallest absolute Gasteiger partial charge is 0.255 e. The van der Waals surface area contributed by atoms with Crippen LogP contribution in [0, 0.1) is 0 Å². The summed E-state index contributed by atoms with van der Waals surface area (Å²) in [6.45, 7) is 3.64. The molecule has 3 rings (SSSR count). The number of carbonyl (C=O) groups is 1. The monoisotopic (exact) mass is 354 g/mol. The highest BCUT2D eigenvalue weighted by Gasteiger charge is 2.31. The van der Waals surface area contributed by atoms with Crippen molar-refractivity contribution in [3.63, 3.8) is 0 Å². The minimum atomic E-state index is 0.0639. The Bertz CT molecular complexity index is 553. The molecule has 1 saturated heterocycles. The van der Waals surface area contributed by atoms with Crippen molar-refractivity contribution in [1.82, 2.24) is 9.80 Å². The van der Waals surface area contributed by atoms with Crippen molar-refractivity contribution in [1.29, 1.82) is 0 Å². The average Bonchev–Trinajstić information content (AvgIpc) is 3.10. The molecule has 0 N–H and O–H groups in total. The van der Waals surface area contributed by atoms with Gasteiger partial charge in [0.2, 0.25) is 0 Å². The minimum absolute atomic E-state index is 0.0639. The van der Waals surface area contributed by atoms with Crippen LogP contribution in [0.2, 0.25) is 5.02 Å². The van der Waals surface area contributed by atoms with Crippen LogP contribution in [0.25, 0.3) is 0 Å². The second-order valence-electron chi connectivity index (χ2n) is 5.24. The molecule has 0 spiro atoms. The molecule has 0 radical (unpaired) electrons. The Morgan fingerprint density at radius 3 is 2.80 bits per heavy atom. The molecule has 5 heteroatoms. The number of likely N-dealkylation sites (tertiary alicyclic amines) is 1. The number of rotatable bonds is 2. The van der Waals surface area contributed by atoms with Gasteiger partial charge >= 0.3 is 0 Å². The first kappa shape index (κ1) is 14.1. The topological polar surface area (TPSA) is 23.6 Å². The summed E-state index contributed by atoms with van der Waals surface area (Å²) in [5, 5.41) is 0.594. The fourth-order valence-corrected chi connectivity index (χ4v) is 3.44. The summed E-state index contributed by atoms with van der Waals surface area (Å²) in [6, 6.07) is 5.82. The molecule has 2 heterocycles. The molecular formula is C15H16BrClN2O. The van der Waals surface area contributed by atoms with Gasteiger partial charge in [-0.15, -0.1) is 0 Å². The van der Waals surface area contributed by atoms with Gasteiger partial charge in [0, 0.05) is 41.7 Å². The number of hydrogen-bond acceptors (Lipinski definition) is 2. The van der Waals surface area contributed by atoms with E-state index in [0.717, 1.165) is 37.1 Å². The third kappa shape index (κ3) is 2.78. The van der Waals surface area contributed by atoms with Crippen LogP contribution in [0.4, 0.5) is 0 Å². The summed E-state index contributed by atoms with van der Waals surface area (Å²) < 4.78 is 0.804. The lowest BCUT2D eigenvalue weighted by Gasteiger charge is -2.23. The maximum Gasteiger partial charge on any atom is 0.255 e. The van der Waals surface area contributed by atoms with Crippen molar-refractivity contribution < 1.29 is 4.79 Å². The summed E-state index contributed by atoms with van der Waals surface area (Å²) in [6.07, 6.45) is 5.43. The van der Waals surface area contributed by atoms with E-state index in [4.69, 9.17) is 11.6 Å². The van der Waals surface area contributed by atoms with E-state index in [1.54, 1.807) is 12.1 Å². The Balaban J connectivity index is 1.70. The van der Waals surface area contributed by atoms with Crippen LogP contribution in [0.3, 0.4) is 0 Å². The third-order valence-electron chi connectivity index (χ3n) is 3.97. The molecule has 1 aromatic carbocycles. The number of hydrogen-bond donors (Lipinski definition) is 0. The van der Waals surface area contributed by atoms with Crippen LogP contribution in [0.15, 0.2) is 34.8 Å². The molecule has 3 nitrogen and oxygen atoms in total. The summed E-state index contributed by atoms with van der Waals surface area (Å²) in [5.74, 6) is 0.0639. The lowest BCUT2D eigenvalue weighted by molar-refractivity contribution is 0.0780. The van der Waals surface area contributed by atoms with Crippen molar-refractivity contribution in [2.75, 3.05) is 26.2 Å². The molecule has 106 valence electrons. The number of amides is 1.